The first kappa shape index (κ1) is 12.3. The maximum Gasteiger partial charge on any atom is 0.242 e. The molecule has 5 heteroatoms. The van der Waals surface area contributed by atoms with E-state index in [0.29, 0.717) is 22.3 Å². The molecule has 0 aliphatic carbocycles. The van der Waals surface area contributed by atoms with E-state index >= 15 is 0 Å². The van der Waals surface area contributed by atoms with Gasteiger partial charge >= 0.3 is 0 Å². The van der Waals surface area contributed by atoms with Crippen LogP contribution >= 0.6 is 11.6 Å². The van der Waals surface area contributed by atoms with Gasteiger partial charge in [-0.25, -0.2) is 0 Å². The van der Waals surface area contributed by atoms with Gasteiger partial charge in [0.15, 0.2) is 5.15 Å². The summed E-state index contributed by atoms with van der Waals surface area (Å²) >= 11 is 5.87. The monoisotopic (exact) mass is 259 g/mol. The van der Waals surface area contributed by atoms with Crippen molar-refractivity contribution >= 4 is 11.6 Å². The molecule has 0 amide bonds. The number of rotatable bonds is 2. The molecule has 0 unspecified atom stereocenters. The molecular formula is C13H10ClN3O. The molecule has 1 aromatic heterocycles. The van der Waals surface area contributed by atoms with Crippen LogP contribution in [0.4, 0.5) is 0 Å². The van der Waals surface area contributed by atoms with Gasteiger partial charge in [0, 0.05) is 5.56 Å². The Kier molecular flexibility index (Phi) is 3.45. The van der Waals surface area contributed by atoms with Crippen LogP contribution in [0.1, 0.15) is 16.7 Å². The molecule has 0 saturated carbocycles. The molecule has 1 aromatic carbocycles. The molecule has 0 aliphatic heterocycles. The number of ether oxygens (including phenoxy) is 1. The van der Waals surface area contributed by atoms with Crippen molar-refractivity contribution in [2.24, 2.45) is 0 Å². The van der Waals surface area contributed by atoms with Gasteiger partial charge in [0.25, 0.3) is 0 Å². The van der Waals surface area contributed by atoms with Crippen molar-refractivity contribution in [1.29, 1.82) is 5.26 Å². The van der Waals surface area contributed by atoms with Crippen molar-refractivity contribution in [1.82, 2.24) is 10.2 Å². The summed E-state index contributed by atoms with van der Waals surface area (Å²) in [6.07, 6.45) is 0. The molecule has 0 bridgehead atoms. The first-order chi connectivity index (χ1) is 8.63. The summed E-state index contributed by atoms with van der Waals surface area (Å²) in [5.41, 5.74) is 2.07. The van der Waals surface area contributed by atoms with Crippen LogP contribution in [0.25, 0.3) is 0 Å². The predicted octanol–water partition coefficient (Wildman–Crippen LogP) is 3.41. The maximum atomic E-state index is 8.98. The third-order valence-corrected chi connectivity index (χ3v) is 2.99. The fraction of sp³-hybridized carbons (Fsp3) is 0.154. The van der Waals surface area contributed by atoms with Crippen LogP contribution in [-0.4, -0.2) is 10.2 Å². The molecular weight excluding hydrogens is 250 g/mol. The van der Waals surface area contributed by atoms with Crippen LogP contribution in [0.15, 0.2) is 24.3 Å². The number of hydrogen-bond acceptors (Lipinski definition) is 4. The van der Waals surface area contributed by atoms with E-state index in [9.17, 15) is 0 Å². The number of aromatic nitrogens is 2. The molecule has 1 heterocycles. The van der Waals surface area contributed by atoms with Gasteiger partial charge in [-0.15, -0.1) is 10.2 Å². The largest absolute Gasteiger partial charge is 0.436 e. The number of hydrogen-bond donors (Lipinski definition) is 0. The second-order valence-corrected chi connectivity index (χ2v) is 4.11. The van der Waals surface area contributed by atoms with Gasteiger partial charge in [0.1, 0.15) is 11.8 Å². The minimum Gasteiger partial charge on any atom is -0.436 e. The van der Waals surface area contributed by atoms with Crippen molar-refractivity contribution < 1.29 is 4.74 Å². The molecule has 4 nitrogen and oxygen atoms in total. The van der Waals surface area contributed by atoms with Gasteiger partial charge in [-0.2, -0.15) is 5.26 Å². The minimum absolute atomic E-state index is 0.355. The zero-order chi connectivity index (χ0) is 13.1. The molecule has 0 atom stereocenters. The lowest BCUT2D eigenvalue weighted by Crippen LogP contribution is -1.98. The van der Waals surface area contributed by atoms with Crippen molar-refractivity contribution in [3.05, 3.63) is 46.1 Å². The average molecular weight is 260 g/mol. The van der Waals surface area contributed by atoms with Crippen LogP contribution in [0.5, 0.6) is 11.6 Å². The van der Waals surface area contributed by atoms with Gasteiger partial charge < -0.3 is 4.74 Å². The third-order valence-electron chi connectivity index (χ3n) is 2.64. The van der Waals surface area contributed by atoms with Crippen molar-refractivity contribution in [3.8, 4) is 17.7 Å². The summed E-state index contributed by atoms with van der Waals surface area (Å²) in [5.74, 6) is 0.818. The van der Waals surface area contributed by atoms with Gasteiger partial charge in [-0.05, 0) is 31.5 Å². The molecule has 0 aliphatic rings. The Hall–Kier alpha value is -2.12. The average Bonchev–Trinajstić information content (AvgIpc) is 2.40. The normalized spacial score (nSPS) is 9.89. The molecule has 0 spiro atoms. The van der Waals surface area contributed by atoms with Crippen LogP contribution in [0.3, 0.4) is 0 Å². The lowest BCUT2D eigenvalue weighted by molar-refractivity contribution is 0.449. The zero-order valence-electron chi connectivity index (χ0n) is 9.94. The van der Waals surface area contributed by atoms with Gasteiger partial charge in [0.2, 0.25) is 5.88 Å². The lowest BCUT2D eigenvalue weighted by Gasteiger charge is -2.10. The molecule has 0 radical (unpaired) electrons. The van der Waals surface area contributed by atoms with Crippen molar-refractivity contribution in [3.63, 3.8) is 0 Å². The van der Waals surface area contributed by atoms with E-state index in [1.165, 1.54) is 0 Å². The molecule has 0 saturated heterocycles. The molecule has 0 N–H and O–H groups in total. The minimum atomic E-state index is 0.355. The van der Waals surface area contributed by atoms with E-state index in [-0.39, 0.29) is 0 Å². The van der Waals surface area contributed by atoms with Crippen LogP contribution in [-0.2, 0) is 0 Å². The zero-order valence-corrected chi connectivity index (χ0v) is 10.7. The van der Waals surface area contributed by atoms with Gasteiger partial charge in [0.05, 0.1) is 5.56 Å². The first-order valence-electron chi connectivity index (χ1n) is 5.30. The number of nitriles is 1. The molecule has 90 valence electrons. The SMILES string of the molecule is Cc1c(Cl)nnc(Oc2ccccc2C#N)c1C. The smallest absolute Gasteiger partial charge is 0.242 e. The fourth-order valence-electron chi connectivity index (χ4n) is 1.40. The van der Waals surface area contributed by atoms with Crippen molar-refractivity contribution in [2.45, 2.75) is 13.8 Å². The topological polar surface area (TPSA) is 58.8 Å². The summed E-state index contributed by atoms with van der Waals surface area (Å²) < 4.78 is 5.61. The molecule has 2 rings (SSSR count). The summed E-state index contributed by atoms with van der Waals surface area (Å²) in [7, 11) is 0. The molecule has 2 aromatic rings. The van der Waals surface area contributed by atoms with E-state index in [0.717, 1.165) is 11.1 Å². The van der Waals surface area contributed by atoms with Crippen LogP contribution in [0, 0.1) is 25.2 Å². The Bertz CT molecular complexity index is 635. The van der Waals surface area contributed by atoms with Crippen LogP contribution in [0.2, 0.25) is 5.15 Å². The quantitative estimate of drug-likeness (QED) is 0.829. The van der Waals surface area contributed by atoms with E-state index in [1.54, 1.807) is 24.3 Å². The number of benzene rings is 1. The van der Waals surface area contributed by atoms with E-state index in [4.69, 9.17) is 21.6 Å². The summed E-state index contributed by atoms with van der Waals surface area (Å²) in [6.45, 7) is 3.69. The number of para-hydroxylation sites is 1. The number of nitrogens with zero attached hydrogens (tertiary/aromatic N) is 3. The Labute approximate surface area is 110 Å². The maximum absolute atomic E-state index is 8.98. The highest BCUT2D eigenvalue weighted by Crippen LogP contribution is 2.28. The van der Waals surface area contributed by atoms with Crippen LogP contribution < -0.4 is 4.74 Å². The second-order valence-electron chi connectivity index (χ2n) is 3.76. The van der Waals surface area contributed by atoms with E-state index in [1.807, 2.05) is 13.8 Å². The second kappa shape index (κ2) is 5.03. The predicted molar refractivity (Wildman–Crippen MR) is 67.7 cm³/mol. The fourth-order valence-corrected chi connectivity index (χ4v) is 1.58. The van der Waals surface area contributed by atoms with Crippen molar-refractivity contribution in [2.75, 3.05) is 0 Å². The summed E-state index contributed by atoms with van der Waals surface area (Å²) in [4.78, 5) is 0. The van der Waals surface area contributed by atoms with E-state index in [2.05, 4.69) is 16.3 Å². The first-order valence-corrected chi connectivity index (χ1v) is 5.67. The molecule has 18 heavy (non-hydrogen) atoms. The Balaban J connectivity index is 2.41. The standard InChI is InChI=1S/C13H10ClN3O/c1-8-9(2)13(17-16-12(8)14)18-11-6-4-3-5-10(11)7-15/h3-6H,1-2H3. The van der Waals surface area contributed by atoms with Gasteiger partial charge in [-0.1, -0.05) is 23.7 Å². The highest BCUT2D eigenvalue weighted by Gasteiger charge is 2.11. The highest BCUT2D eigenvalue weighted by molar-refractivity contribution is 6.30. The summed E-state index contributed by atoms with van der Waals surface area (Å²) in [6, 6.07) is 9.02. The third kappa shape index (κ3) is 2.27. The summed E-state index contributed by atoms with van der Waals surface area (Å²) in [5, 5.41) is 17.0. The molecule has 0 fully saturated rings. The van der Waals surface area contributed by atoms with E-state index < -0.39 is 0 Å². The lowest BCUT2D eigenvalue weighted by atomic mass is 10.2. The highest BCUT2D eigenvalue weighted by atomic mass is 35.5. The number of halogens is 1. The Morgan fingerprint density at radius 2 is 1.89 bits per heavy atom. The van der Waals surface area contributed by atoms with Gasteiger partial charge in [-0.3, -0.25) is 0 Å². The Morgan fingerprint density at radius 1 is 1.17 bits per heavy atom. The Morgan fingerprint density at radius 3 is 2.61 bits per heavy atom.